The molecule has 4 rings (SSSR count). The molecule has 3 aromatic rings. The molecule has 1 aliphatic heterocycles. The maximum atomic E-state index is 11.4. The van der Waals surface area contributed by atoms with Crippen LogP contribution in [0.1, 0.15) is 50.1 Å². The molecule has 258 valence electrons. The third kappa shape index (κ3) is 9.93. The van der Waals surface area contributed by atoms with E-state index in [4.69, 9.17) is 0 Å². The van der Waals surface area contributed by atoms with Crippen molar-refractivity contribution in [1.82, 2.24) is 14.7 Å². The van der Waals surface area contributed by atoms with Crippen LogP contribution in [0.4, 0.5) is 0 Å². The van der Waals surface area contributed by atoms with Gasteiger partial charge < -0.3 is 30.6 Å². The minimum absolute atomic E-state index is 0.0390. The summed E-state index contributed by atoms with van der Waals surface area (Å²) in [6, 6.07) is 10.6. The van der Waals surface area contributed by atoms with E-state index in [1.165, 1.54) is 0 Å². The largest absolute Gasteiger partial charge is 0.507 e. The molecule has 0 amide bonds. The number of phenols is 3. The summed E-state index contributed by atoms with van der Waals surface area (Å²) >= 11 is 0. The minimum atomic E-state index is -1.03. The second-order valence-electron chi connectivity index (χ2n) is 12.8. The van der Waals surface area contributed by atoms with Gasteiger partial charge in [-0.3, -0.25) is 29.1 Å². The van der Waals surface area contributed by atoms with Gasteiger partial charge in [-0.05, 0) is 20.8 Å². The summed E-state index contributed by atoms with van der Waals surface area (Å²) in [5.41, 5.74) is 5.42. The van der Waals surface area contributed by atoms with Gasteiger partial charge in [-0.15, -0.1) is 0 Å². The zero-order valence-electron chi connectivity index (χ0n) is 27.7. The summed E-state index contributed by atoms with van der Waals surface area (Å²) in [7, 11) is 0. The zero-order valence-corrected chi connectivity index (χ0v) is 27.7. The molecule has 12 heteroatoms. The lowest BCUT2D eigenvalue weighted by Gasteiger charge is -2.27. The molecule has 48 heavy (non-hydrogen) atoms. The molecule has 0 bridgehead atoms. The highest BCUT2D eigenvalue weighted by atomic mass is 16.4. The van der Waals surface area contributed by atoms with Crippen LogP contribution in [-0.2, 0) is 53.3 Å². The number of carboxylic acids is 3. The van der Waals surface area contributed by atoms with Gasteiger partial charge in [-0.2, -0.15) is 0 Å². The number of aryl methyl sites for hydroxylation is 3. The Labute approximate surface area is 280 Å². The number of hydrogen-bond acceptors (Lipinski definition) is 9. The zero-order chi connectivity index (χ0) is 35.1. The SMILES string of the molecule is Cc1cc(CC(=O)O)c(O)c(CN2CCN(Cc3cc(C)cc(CC(=O)O)c3O)CCN(Cc3cc(C)cc(CC(=O)O)c3O)CC2)c1. The van der Waals surface area contributed by atoms with E-state index in [0.717, 1.165) is 16.7 Å². The van der Waals surface area contributed by atoms with Crippen LogP contribution < -0.4 is 0 Å². The van der Waals surface area contributed by atoms with E-state index < -0.39 is 17.9 Å². The first kappa shape index (κ1) is 36.2. The second-order valence-corrected chi connectivity index (χ2v) is 12.8. The molecule has 12 nitrogen and oxygen atoms in total. The van der Waals surface area contributed by atoms with Crippen LogP contribution in [-0.4, -0.2) is 103 Å². The van der Waals surface area contributed by atoms with E-state index in [2.05, 4.69) is 14.7 Å². The van der Waals surface area contributed by atoms with Gasteiger partial charge in [0.2, 0.25) is 0 Å². The van der Waals surface area contributed by atoms with Gasteiger partial charge in [0.1, 0.15) is 17.2 Å². The smallest absolute Gasteiger partial charge is 0.307 e. The Morgan fingerprint density at radius 3 is 0.875 bits per heavy atom. The highest BCUT2D eigenvalue weighted by Crippen LogP contribution is 2.30. The van der Waals surface area contributed by atoms with Crippen LogP contribution in [0.5, 0.6) is 17.2 Å². The maximum absolute atomic E-state index is 11.4. The molecule has 0 atom stereocenters. The summed E-state index contributed by atoms with van der Waals surface area (Å²) in [6.45, 7) is 10.2. The predicted molar refractivity (Wildman–Crippen MR) is 178 cm³/mol. The van der Waals surface area contributed by atoms with Crippen molar-refractivity contribution in [3.8, 4) is 17.2 Å². The summed E-state index contributed by atoms with van der Waals surface area (Å²) < 4.78 is 0. The van der Waals surface area contributed by atoms with E-state index in [-0.39, 0.29) is 36.5 Å². The quantitative estimate of drug-likeness (QED) is 0.166. The normalized spacial score (nSPS) is 15.1. The Bertz CT molecular complexity index is 1470. The average Bonchev–Trinajstić information content (AvgIpc) is 3.06. The number of carboxylic acid groups (broad SMARTS) is 3. The number of aromatic hydroxyl groups is 3. The molecule has 1 aliphatic rings. The molecular formula is C36H45N3O9. The van der Waals surface area contributed by atoms with Crippen LogP contribution in [0.2, 0.25) is 0 Å². The number of nitrogens with zero attached hydrogens (tertiary/aromatic N) is 3. The van der Waals surface area contributed by atoms with E-state index in [1.807, 2.05) is 39.0 Å². The van der Waals surface area contributed by atoms with Gasteiger partial charge in [0.15, 0.2) is 0 Å². The number of rotatable bonds is 12. The molecule has 6 N–H and O–H groups in total. The first-order valence-corrected chi connectivity index (χ1v) is 15.9. The van der Waals surface area contributed by atoms with Gasteiger partial charge in [0.25, 0.3) is 0 Å². The van der Waals surface area contributed by atoms with Gasteiger partial charge in [-0.25, -0.2) is 0 Å². The summed E-state index contributed by atoms with van der Waals surface area (Å²) in [5.74, 6) is -3.22. The first-order valence-electron chi connectivity index (χ1n) is 15.9. The molecule has 0 aliphatic carbocycles. The fourth-order valence-electron chi connectivity index (χ4n) is 6.44. The van der Waals surface area contributed by atoms with Crippen molar-refractivity contribution in [2.75, 3.05) is 39.3 Å². The Balaban J connectivity index is 1.64. The highest BCUT2D eigenvalue weighted by molar-refractivity contribution is 5.73. The Morgan fingerprint density at radius 2 is 0.667 bits per heavy atom. The standard InChI is InChI=1S/C36H45N3O9/c1-22-10-25(16-31(40)41)34(46)28(13-22)19-37-4-6-38(20-29-14-23(2)11-26(35(29)47)17-32(42)43)8-9-39(7-5-37)21-30-15-24(3)12-27(36(30)48)18-33(44)45/h10-15,46-48H,4-9,16-21H2,1-3H3,(H,40,41)(H,42,43)(H,44,45). The highest BCUT2D eigenvalue weighted by Gasteiger charge is 2.22. The van der Waals surface area contributed by atoms with Gasteiger partial charge >= 0.3 is 17.9 Å². The van der Waals surface area contributed by atoms with Crippen LogP contribution in [0.15, 0.2) is 36.4 Å². The second kappa shape index (κ2) is 16.0. The summed E-state index contributed by atoms with van der Waals surface area (Å²) in [4.78, 5) is 40.8. The average molecular weight is 664 g/mol. The molecule has 0 spiro atoms. The van der Waals surface area contributed by atoms with Crippen molar-refractivity contribution in [2.24, 2.45) is 0 Å². The van der Waals surface area contributed by atoms with Crippen LogP contribution in [0.25, 0.3) is 0 Å². The van der Waals surface area contributed by atoms with Crippen molar-refractivity contribution < 1.29 is 45.0 Å². The number of carbonyl (C=O) groups is 3. The number of aliphatic carboxylic acids is 3. The van der Waals surface area contributed by atoms with Crippen molar-refractivity contribution in [1.29, 1.82) is 0 Å². The van der Waals surface area contributed by atoms with E-state index in [1.54, 1.807) is 18.2 Å². The summed E-state index contributed by atoms with van der Waals surface area (Å²) in [6.07, 6.45) is -0.888. The van der Waals surface area contributed by atoms with Crippen LogP contribution >= 0.6 is 0 Å². The van der Waals surface area contributed by atoms with Crippen molar-refractivity contribution >= 4 is 17.9 Å². The predicted octanol–water partition coefficient (Wildman–Crippen LogP) is 3.43. The molecule has 3 aromatic carbocycles. The van der Waals surface area contributed by atoms with Crippen LogP contribution in [0, 0.1) is 20.8 Å². The van der Waals surface area contributed by atoms with Crippen molar-refractivity contribution in [3.05, 3.63) is 86.5 Å². The molecule has 1 saturated heterocycles. The molecule has 1 fully saturated rings. The lowest BCUT2D eigenvalue weighted by atomic mass is 10.0. The fourth-order valence-corrected chi connectivity index (χ4v) is 6.44. The Hall–Kier alpha value is -4.65. The lowest BCUT2D eigenvalue weighted by Crippen LogP contribution is -2.35. The third-order valence-corrected chi connectivity index (χ3v) is 8.64. The van der Waals surface area contributed by atoms with Gasteiger partial charge in [0.05, 0.1) is 19.3 Å². The minimum Gasteiger partial charge on any atom is -0.507 e. The molecule has 0 radical (unpaired) electrons. The van der Waals surface area contributed by atoms with E-state index >= 15 is 0 Å². The molecule has 0 saturated carbocycles. The number of hydrogen-bond donors (Lipinski definition) is 6. The van der Waals surface area contributed by atoms with Gasteiger partial charge in [-0.1, -0.05) is 53.1 Å². The molecule has 0 aromatic heterocycles. The molecule has 0 unspecified atom stereocenters. The molecule has 1 heterocycles. The molecular weight excluding hydrogens is 618 g/mol. The van der Waals surface area contributed by atoms with Gasteiger partial charge in [0, 0.05) is 92.3 Å². The first-order chi connectivity index (χ1) is 22.7. The summed E-state index contributed by atoms with van der Waals surface area (Å²) in [5, 5.41) is 61.1. The maximum Gasteiger partial charge on any atom is 0.307 e. The topological polar surface area (TPSA) is 182 Å². The number of benzene rings is 3. The van der Waals surface area contributed by atoms with Crippen molar-refractivity contribution in [2.45, 2.75) is 59.7 Å². The number of phenolic OH excluding ortho intramolecular Hbond substituents is 3. The van der Waals surface area contributed by atoms with Crippen LogP contribution in [0.3, 0.4) is 0 Å². The third-order valence-electron chi connectivity index (χ3n) is 8.64. The lowest BCUT2D eigenvalue weighted by molar-refractivity contribution is -0.137. The fraction of sp³-hybridized carbons (Fsp3) is 0.417. The Morgan fingerprint density at radius 1 is 0.458 bits per heavy atom. The van der Waals surface area contributed by atoms with Crippen molar-refractivity contribution in [3.63, 3.8) is 0 Å². The van der Waals surface area contributed by atoms with E-state index in [9.17, 15) is 45.0 Å². The Kier molecular flexibility index (Phi) is 12.0. The van der Waals surface area contributed by atoms with E-state index in [0.29, 0.717) is 92.3 Å². The monoisotopic (exact) mass is 663 g/mol.